The van der Waals surface area contributed by atoms with Crippen molar-refractivity contribution in [3.63, 3.8) is 0 Å². The van der Waals surface area contributed by atoms with Crippen LogP contribution in [0.2, 0.25) is 0 Å². The van der Waals surface area contributed by atoms with Crippen molar-refractivity contribution in [1.29, 1.82) is 5.26 Å². The Morgan fingerprint density at radius 1 is 1.24 bits per heavy atom. The van der Waals surface area contributed by atoms with E-state index in [9.17, 15) is 19.6 Å². The zero-order chi connectivity index (χ0) is 21.4. The Hall–Kier alpha value is -2.55. The molecule has 0 spiro atoms. The highest BCUT2D eigenvalue weighted by atomic mass is 35.5. The van der Waals surface area contributed by atoms with Gasteiger partial charge in [0.1, 0.15) is 15.7 Å². The van der Waals surface area contributed by atoms with Crippen molar-refractivity contribution < 1.29 is 19.0 Å². The SMILES string of the molecule is CC1(C)C(CC#N)(C(=O)O)C1(C=C(Cl)Cl)c1ccc(F)c(Oc2ccccc2)c1. The Balaban J connectivity index is 2.20. The predicted molar refractivity (Wildman–Crippen MR) is 108 cm³/mol. The Kier molecular flexibility index (Phi) is 5.38. The standard InChI is InChI=1S/C22H18Cl2FNO3/c1-20(2)21(10-11-26,19(27)28)22(20,13-18(23)24)14-8-9-16(25)17(12-14)29-15-6-4-3-5-7-15/h3-9,12-13H,10H2,1-2H3,(H,27,28). The molecular weight excluding hydrogens is 416 g/mol. The van der Waals surface area contributed by atoms with Gasteiger partial charge in [0.25, 0.3) is 0 Å². The topological polar surface area (TPSA) is 70.3 Å². The Bertz CT molecular complexity index is 1030. The molecule has 0 heterocycles. The highest BCUT2D eigenvalue weighted by molar-refractivity contribution is 6.56. The monoisotopic (exact) mass is 433 g/mol. The molecule has 4 nitrogen and oxygen atoms in total. The number of halogens is 3. The van der Waals surface area contributed by atoms with Crippen LogP contribution < -0.4 is 4.74 Å². The summed E-state index contributed by atoms with van der Waals surface area (Å²) in [6.07, 6.45) is 1.17. The quantitative estimate of drug-likeness (QED) is 0.588. The molecule has 2 aromatic rings. The zero-order valence-electron chi connectivity index (χ0n) is 15.7. The first-order chi connectivity index (χ1) is 13.6. The second kappa shape index (κ2) is 7.37. The lowest BCUT2D eigenvalue weighted by Gasteiger charge is -2.20. The lowest BCUT2D eigenvalue weighted by molar-refractivity contribution is -0.145. The second-order valence-electron chi connectivity index (χ2n) is 7.47. The lowest BCUT2D eigenvalue weighted by atomic mass is 9.84. The summed E-state index contributed by atoms with van der Waals surface area (Å²) in [7, 11) is 0. The van der Waals surface area contributed by atoms with Gasteiger partial charge in [0.05, 0.1) is 12.5 Å². The van der Waals surface area contributed by atoms with E-state index in [-0.39, 0.29) is 16.7 Å². The third kappa shape index (κ3) is 2.99. The van der Waals surface area contributed by atoms with E-state index in [1.165, 1.54) is 24.3 Å². The minimum atomic E-state index is -1.48. The largest absolute Gasteiger partial charge is 0.481 e. The van der Waals surface area contributed by atoms with Gasteiger partial charge in [-0.3, -0.25) is 4.79 Å². The van der Waals surface area contributed by atoms with Gasteiger partial charge in [0.2, 0.25) is 0 Å². The molecule has 0 aromatic heterocycles. The maximum Gasteiger partial charge on any atom is 0.312 e. The number of nitriles is 1. The van der Waals surface area contributed by atoms with Crippen LogP contribution in [0.4, 0.5) is 4.39 Å². The number of carboxylic acid groups (broad SMARTS) is 1. The first-order valence-electron chi connectivity index (χ1n) is 8.81. The molecule has 2 unspecified atom stereocenters. The summed E-state index contributed by atoms with van der Waals surface area (Å²) in [6, 6.07) is 14.8. The Labute approximate surface area is 178 Å². The Morgan fingerprint density at radius 3 is 2.45 bits per heavy atom. The summed E-state index contributed by atoms with van der Waals surface area (Å²) in [5.74, 6) is -1.38. The number of carbonyl (C=O) groups is 1. The second-order valence-corrected chi connectivity index (χ2v) is 8.48. The predicted octanol–water partition coefficient (Wildman–Crippen LogP) is 6.20. The molecule has 2 aromatic carbocycles. The molecule has 0 aliphatic heterocycles. The van der Waals surface area contributed by atoms with Gasteiger partial charge in [-0.15, -0.1) is 0 Å². The summed E-state index contributed by atoms with van der Waals surface area (Å²) in [4.78, 5) is 12.3. The maximum atomic E-state index is 14.5. The van der Waals surface area contributed by atoms with E-state index in [2.05, 4.69) is 0 Å². The van der Waals surface area contributed by atoms with Gasteiger partial charge >= 0.3 is 5.97 Å². The third-order valence-electron chi connectivity index (χ3n) is 6.06. The molecule has 0 saturated heterocycles. The molecule has 1 aliphatic rings. The number of allylic oxidation sites excluding steroid dienone is 1. The highest BCUT2D eigenvalue weighted by Gasteiger charge is 2.85. The van der Waals surface area contributed by atoms with Crippen molar-refractivity contribution in [3.05, 3.63) is 70.5 Å². The minimum absolute atomic E-state index is 0.0638. The first kappa shape index (κ1) is 21.2. The summed E-state index contributed by atoms with van der Waals surface area (Å²) in [5, 5.41) is 19.4. The summed E-state index contributed by atoms with van der Waals surface area (Å²) < 4.78 is 20.0. The summed E-state index contributed by atoms with van der Waals surface area (Å²) in [6.45, 7) is 3.46. The fourth-order valence-corrected chi connectivity index (χ4v) is 4.92. The van der Waals surface area contributed by atoms with E-state index in [0.717, 1.165) is 0 Å². The van der Waals surface area contributed by atoms with Gasteiger partial charge < -0.3 is 9.84 Å². The first-order valence-corrected chi connectivity index (χ1v) is 9.57. The fraction of sp³-hybridized carbons (Fsp3) is 0.273. The van der Waals surface area contributed by atoms with Gasteiger partial charge in [-0.25, -0.2) is 4.39 Å². The van der Waals surface area contributed by atoms with Gasteiger partial charge in [-0.05, 0) is 41.3 Å². The third-order valence-corrected chi connectivity index (χ3v) is 6.27. The van der Waals surface area contributed by atoms with E-state index in [1.807, 2.05) is 6.07 Å². The van der Waals surface area contributed by atoms with Crippen LogP contribution in [0.25, 0.3) is 0 Å². The van der Waals surface area contributed by atoms with Crippen molar-refractivity contribution in [1.82, 2.24) is 0 Å². The molecule has 0 radical (unpaired) electrons. The van der Waals surface area contributed by atoms with E-state index in [4.69, 9.17) is 27.9 Å². The smallest absolute Gasteiger partial charge is 0.312 e. The van der Waals surface area contributed by atoms with Crippen LogP contribution in [0, 0.1) is 28.0 Å². The van der Waals surface area contributed by atoms with Gasteiger partial charge in [-0.1, -0.05) is 61.3 Å². The molecule has 1 saturated carbocycles. The van der Waals surface area contributed by atoms with Crippen molar-refractivity contribution in [2.75, 3.05) is 0 Å². The van der Waals surface area contributed by atoms with Crippen molar-refractivity contribution in [3.8, 4) is 17.6 Å². The molecule has 29 heavy (non-hydrogen) atoms. The average molecular weight is 434 g/mol. The molecule has 0 bridgehead atoms. The normalized spacial score (nSPS) is 24.3. The zero-order valence-corrected chi connectivity index (χ0v) is 17.3. The number of hydrogen-bond donors (Lipinski definition) is 1. The van der Waals surface area contributed by atoms with Crippen LogP contribution in [0.3, 0.4) is 0 Å². The molecule has 7 heteroatoms. The molecule has 150 valence electrons. The number of hydrogen-bond acceptors (Lipinski definition) is 3. The van der Waals surface area contributed by atoms with Crippen molar-refractivity contribution in [2.24, 2.45) is 10.8 Å². The Morgan fingerprint density at radius 2 is 1.90 bits per heavy atom. The van der Waals surface area contributed by atoms with E-state index < -0.39 is 28.0 Å². The van der Waals surface area contributed by atoms with Crippen molar-refractivity contribution >= 4 is 29.2 Å². The minimum Gasteiger partial charge on any atom is -0.481 e. The number of carboxylic acids is 1. The number of rotatable bonds is 6. The van der Waals surface area contributed by atoms with Gasteiger partial charge in [0, 0.05) is 5.41 Å². The molecular formula is C22H18Cl2FNO3. The maximum absolute atomic E-state index is 14.5. The molecule has 1 fully saturated rings. The molecule has 1 N–H and O–H groups in total. The number of aliphatic carboxylic acids is 1. The molecule has 0 amide bonds. The van der Waals surface area contributed by atoms with Gasteiger partial charge in [-0.2, -0.15) is 5.26 Å². The molecule has 3 rings (SSSR count). The van der Waals surface area contributed by atoms with Gasteiger partial charge in [0.15, 0.2) is 11.6 Å². The van der Waals surface area contributed by atoms with Crippen LogP contribution in [-0.4, -0.2) is 11.1 Å². The van der Waals surface area contributed by atoms with Crippen LogP contribution in [0.15, 0.2) is 59.1 Å². The molecule has 2 atom stereocenters. The number of para-hydroxylation sites is 1. The van der Waals surface area contributed by atoms with E-state index in [0.29, 0.717) is 11.3 Å². The highest BCUT2D eigenvalue weighted by Crippen LogP contribution is 2.81. The van der Waals surface area contributed by atoms with Crippen LogP contribution >= 0.6 is 23.2 Å². The number of nitrogens with zero attached hydrogens (tertiary/aromatic N) is 1. The van der Waals surface area contributed by atoms with Crippen LogP contribution in [-0.2, 0) is 10.2 Å². The number of benzene rings is 2. The summed E-state index contributed by atoms with van der Waals surface area (Å²) in [5.41, 5.74) is -3.17. The summed E-state index contributed by atoms with van der Waals surface area (Å²) >= 11 is 11.9. The lowest BCUT2D eigenvalue weighted by Crippen LogP contribution is -2.25. The van der Waals surface area contributed by atoms with E-state index >= 15 is 0 Å². The number of ether oxygens (including phenoxy) is 1. The van der Waals surface area contributed by atoms with Crippen LogP contribution in [0.5, 0.6) is 11.5 Å². The molecule has 1 aliphatic carbocycles. The fourth-order valence-electron chi connectivity index (χ4n) is 4.59. The average Bonchev–Trinajstić information content (AvgIpc) is 3.08. The van der Waals surface area contributed by atoms with E-state index in [1.54, 1.807) is 44.2 Å². The van der Waals surface area contributed by atoms with Crippen molar-refractivity contribution in [2.45, 2.75) is 25.7 Å². The van der Waals surface area contributed by atoms with Crippen LogP contribution in [0.1, 0.15) is 25.8 Å².